The fraction of sp³-hybridized carbons (Fsp3) is 0.250. The van der Waals surface area contributed by atoms with Crippen molar-refractivity contribution < 1.29 is 4.74 Å². The van der Waals surface area contributed by atoms with Crippen LogP contribution in [0.25, 0.3) is 11.3 Å². The number of methoxy groups -OCH3 is 1. The van der Waals surface area contributed by atoms with Gasteiger partial charge >= 0.3 is 0 Å². The molecule has 0 bridgehead atoms. The highest BCUT2D eigenvalue weighted by Crippen LogP contribution is 2.15. The molecule has 0 aliphatic heterocycles. The molecule has 0 radical (unpaired) electrons. The molecule has 0 saturated heterocycles. The Morgan fingerprint density at radius 2 is 2.28 bits per heavy atom. The lowest BCUT2D eigenvalue weighted by Gasteiger charge is -2.08. The van der Waals surface area contributed by atoms with Gasteiger partial charge in [0, 0.05) is 19.5 Å². The van der Waals surface area contributed by atoms with Crippen LogP contribution in [0.15, 0.2) is 29.3 Å². The van der Waals surface area contributed by atoms with Crippen LogP contribution in [-0.2, 0) is 11.5 Å². The summed E-state index contributed by atoms with van der Waals surface area (Å²) < 4.78 is 6.47. The first-order valence-corrected chi connectivity index (χ1v) is 5.68. The number of aryl methyl sites for hydroxylation is 1. The highest BCUT2D eigenvalue weighted by atomic mass is 35.5. The van der Waals surface area contributed by atoms with Crippen molar-refractivity contribution in [1.29, 1.82) is 0 Å². The maximum atomic E-state index is 12.2. The van der Waals surface area contributed by atoms with Gasteiger partial charge < -0.3 is 4.74 Å². The van der Waals surface area contributed by atoms with Gasteiger partial charge in [0.2, 0.25) is 5.28 Å². The van der Waals surface area contributed by atoms with Gasteiger partial charge in [-0.15, -0.1) is 0 Å². The maximum Gasteiger partial charge on any atom is 0.261 e. The molecule has 2 heterocycles. The summed E-state index contributed by atoms with van der Waals surface area (Å²) >= 11 is 5.73. The first-order valence-electron chi connectivity index (χ1n) is 5.31. The lowest BCUT2D eigenvalue weighted by molar-refractivity contribution is 0.128. The molecule has 0 aromatic carbocycles. The number of hydrogen-bond acceptors (Lipinski definition) is 4. The van der Waals surface area contributed by atoms with Crippen LogP contribution in [0.4, 0.5) is 0 Å². The van der Waals surface area contributed by atoms with E-state index in [1.54, 1.807) is 18.3 Å². The van der Waals surface area contributed by atoms with Gasteiger partial charge in [-0.05, 0) is 36.2 Å². The molecule has 5 nitrogen and oxygen atoms in total. The monoisotopic (exact) mass is 265 g/mol. The number of aromatic nitrogens is 3. The standard InChI is InChI=1S/C12H12ClN3O2/c1-8-5-9(10-3-4-14-12(13)15-10)11(17)16(6-8)7-18-2/h3-6H,7H2,1-2H3. The van der Waals surface area contributed by atoms with E-state index in [-0.39, 0.29) is 17.6 Å². The molecule has 2 aromatic heterocycles. The highest BCUT2D eigenvalue weighted by molar-refractivity contribution is 6.28. The molecule has 0 N–H and O–H groups in total. The van der Waals surface area contributed by atoms with E-state index in [0.717, 1.165) is 5.56 Å². The van der Waals surface area contributed by atoms with Gasteiger partial charge in [-0.3, -0.25) is 9.36 Å². The average Bonchev–Trinajstić information content (AvgIpc) is 2.33. The van der Waals surface area contributed by atoms with Crippen LogP contribution in [0.1, 0.15) is 5.56 Å². The summed E-state index contributed by atoms with van der Waals surface area (Å²) in [4.78, 5) is 20.0. The largest absolute Gasteiger partial charge is 0.364 e. The fourth-order valence-corrected chi connectivity index (χ4v) is 1.84. The minimum atomic E-state index is -0.169. The average molecular weight is 266 g/mol. The summed E-state index contributed by atoms with van der Waals surface area (Å²) in [5, 5.41) is 0.117. The minimum Gasteiger partial charge on any atom is -0.364 e. The molecule has 0 atom stereocenters. The summed E-state index contributed by atoms with van der Waals surface area (Å²) in [5.41, 5.74) is 1.76. The Morgan fingerprint density at radius 1 is 1.50 bits per heavy atom. The van der Waals surface area contributed by atoms with E-state index in [0.29, 0.717) is 11.3 Å². The van der Waals surface area contributed by atoms with Crippen LogP contribution in [0.3, 0.4) is 0 Å². The van der Waals surface area contributed by atoms with Crippen molar-refractivity contribution in [2.75, 3.05) is 7.11 Å². The SMILES string of the molecule is COCn1cc(C)cc(-c2ccnc(Cl)n2)c1=O. The van der Waals surface area contributed by atoms with E-state index in [2.05, 4.69) is 9.97 Å². The van der Waals surface area contributed by atoms with Gasteiger partial charge in [-0.2, -0.15) is 0 Å². The van der Waals surface area contributed by atoms with Crippen LogP contribution in [-0.4, -0.2) is 21.6 Å². The summed E-state index contributed by atoms with van der Waals surface area (Å²) in [6.07, 6.45) is 3.26. The van der Waals surface area contributed by atoms with Gasteiger partial charge in [-0.1, -0.05) is 0 Å². The zero-order chi connectivity index (χ0) is 13.1. The van der Waals surface area contributed by atoms with Crippen molar-refractivity contribution in [3.63, 3.8) is 0 Å². The van der Waals surface area contributed by atoms with Crippen LogP contribution >= 0.6 is 11.6 Å². The number of rotatable bonds is 3. The zero-order valence-electron chi connectivity index (χ0n) is 10.1. The molecular weight excluding hydrogens is 254 g/mol. The number of pyridine rings is 1. The van der Waals surface area contributed by atoms with Gasteiger partial charge in [-0.25, -0.2) is 9.97 Å². The van der Waals surface area contributed by atoms with Crippen LogP contribution < -0.4 is 5.56 Å². The van der Waals surface area contributed by atoms with Crippen molar-refractivity contribution in [1.82, 2.24) is 14.5 Å². The maximum absolute atomic E-state index is 12.2. The topological polar surface area (TPSA) is 57.0 Å². The smallest absolute Gasteiger partial charge is 0.261 e. The first kappa shape index (κ1) is 12.7. The molecule has 0 aliphatic carbocycles. The van der Waals surface area contributed by atoms with E-state index in [1.807, 2.05) is 6.92 Å². The second-order valence-corrected chi connectivity index (χ2v) is 4.17. The molecule has 2 rings (SSSR count). The molecule has 94 valence electrons. The molecule has 0 spiro atoms. The Bertz CT molecular complexity index is 625. The van der Waals surface area contributed by atoms with E-state index in [1.165, 1.54) is 17.9 Å². The summed E-state index contributed by atoms with van der Waals surface area (Å²) in [5.74, 6) is 0. The number of ether oxygens (including phenoxy) is 1. The molecule has 2 aromatic rings. The Labute approximate surface area is 109 Å². The summed E-state index contributed by atoms with van der Waals surface area (Å²) in [6.45, 7) is 2.10. The molecule has 0 aliphatic rings. The molecule has 0 unspecified atom stereocenters. The van der Waals surface area contributed by atoms with Crippen molar-refractivity contribution in [3.8, 4) is 11.3 Å². The third-order valence-corrected chi connectivity index (χ3v) is 2.58. The Hall–Kier alpha value is -1.72. The second-order valence-electron chi connectivity index (χ2n) is 3.83. The Balaban J connectivity index is 2.61. The fourth-order valence-electron chi connectivity index (χ4n) is 1.69. The van der Waals surface area contributed by atoms with Gasteiger partial charge in [0.25, 0.3) is 5.56 Å². The summed E-state index contributed by atoms with van der Waals surface area (Å²) in [7, 11) is 1.54. The quantitative estimate of drug-likeness (QED) is 0.795. The number of halogens is 1. The summed E-state index contributed by atoms with van der Waals surface area (Å²) in [6, 6.07) is 3.42. The Kier molecular flexibility index (Phi) is 3.74. The van der Waals surface area contributed by atoms with Crippen LogP contribution in [0, 0.1) is 6.92 Å². The number of hydrogen-bond donors (Lipinski definition) is 0. The van der Waals surface area contributed by atoms with E-state index in [4.69, 9.17) is 16.3 Å². The van der Waals surface area contributed by atoms with Crippen molar-refractivity contribution in [2.45, 2.75) is 13.7 Å². The third kappa shape index (κ3) is 2.57. The van der Waals surface area contributed by atoms with E-state index >= 15 is 0 Å². The molecule has 6 heteroatoms. The van der Waals surface area contributed by atoms with Crippen molar-refractivity contribution >= 4 is 11.6 Å². The van der Waals surface area contributed by atoms with E-state index in [9.17, 15) is 4.79 Å². The normalized spacial score (nSPS) is 10.6. The highest BCUT2D eigenvalue weighted by Gasteiger charge is 2.09. The van der Waals surface area contributed by atoms with Crippen LogP contribution in [0.2, 0.25) is 5.28 Å². The van der Waals surface area contributed by atoms with Gasteiger partial charge in [0.1, 0.15) is 6.73 Å². The molecule has 0 amide bonds. The van der Waals surface area contributed by atoms with Gasteiger partial charge in [0.05, 0.1) is 11.3 Å². The van der Waals surface area contributed by atoms with E-state index < -0.39 is 0 Å². The van der Waals surface area contributed by atoms with Crippen LogP contribution in [0.5, 0.6) is 0 Å². The second kappa shape index (κ2) is 5.29. The number of nitrogens with zero attached hydrogens (tertiary/aromatic N) is 3. The first-order chi connectivity index (χ1) is 8.61. The molecular formula is C12H12ClN3O2. The molecule has 0 fully saturated rings. The predicted molar refractivity (Wildman–Crippen MR) is 68.5 cm³/mol. The molecule has 0 saturated carbocycles. The lowest BCUT2D eigenvalue weighted by Crippen LogP contribution is -2.22. The third-order valence-electron chi connectivity index (χ3n) is 2.39. The predicted octanol–water partition coefficient (Wildman–Crippen LogP) is 1.87. The van der Waals surface area contributed by atoms with Crippen molar-refractivity contribution in [2.24, 2.45) is 0 Å². The molecule has 18 heavy (non-hydrogen) atoms. The Morgan fingerprint density at radius 3 is 2.94 bits per heavy atom. The minimum absolute atomic E-state index is 0.117. The van der Waals surface area contributed by atoms with Gasteiger partial charge in [0.15, 0.2) is 0 Å². The zero-order valence-corrected chi connectivity index (χ0v) is 10.8. The lowest BCUT2D eigenvalue weighted by atomic mass is 10.1. The van der Waals surface area contributed by atoms with Crippen molar-refractivity contribution in [3.05, 3.63) is 45.7 Å².